The second-order valence-electron chi connectivity index (χ2n) is 5.39. The predicted octanol–water partition coefficient (Wildman–Crippen LogP) is 0.212. The number of likely N-dealkylation sites (N-methyl/N-ethyl adjacent to an activating group) is 1. The number of hydrogen-bond acceptors (Lipinski definition) is 6. The Morgan fingerprint density at radius 1 is 1.29 bits per heavy atom. The van der Waals surface area contributed by atoms with Crippen LogP contribution in [0.25, 0.3) is 0 Å². The first-order chi connectivity index (χ1) is 10.1. The van der Waals surface area contributed by atoms with Crippen molar-refractivity contribution in [1.29, 1.82) is 0 Å². The van der Waals surface area contributed by atoms with Crippen molar-refractivity contribution < 1.29 is 14.9 Å². The minimum Gasteiger partial charge on any atom is -0.495 e. The maximum absolute atomic E-state index is 9.37. The molecule has 0 amide bonds. The summed E-state index contributed by atoms with van der Waals surface area (Å²) >= 11 is 0. The van der Waals surface area contributed by atoms with E-state index in [9.17, 15) is 5.11 Å². The standard InChI is InChI=1S/C15H25N3O3/c1-17-5-7-18(8-6-17)14-4-3-12(9-15(14)21-2)16-10-13(20)11-19/h3-4,9,13,16,19-20H,5-8,10-11H2,1-2H3. The fourth-order valence-electron chi connectivity index (χ4n) is 2.40. The quantitative estimate of drug-likeness (QED) is 0.697. The van der Waals surface area contributed by atoms with Gasteiger partial charge in [0.1, 0.15) is 5.75 Å². The van der Waals surface area contributed by atoms with Crippen LogP contribution in [-0.4, -0.2) is 74.7 Å². The summed E-state index contributed by atoms with van der Waals surface area (Å²) in [6, 6.07) is 5.94. The van der Waals surface area contributed by atoms with Gasteiger partial charge in [0.05, 0.1) is 25.5 Å². The summed E-state index contributed by atoms with van der Waals surface area (Å²) in [5, 5.41) is 21.3. The second-order valence-corrected chi connectivity index (χ2v) is 5.39. The number of hydrogen-bond donors (Lipinski definition) is 3. The number of nitrogens with one attached hydrogen (secondary N) is 1. The zero-order chi connectivity index (χ0) is 15.2. The molecule has 0 bridgehead atoms. The van der Waals surface area contributed by atoms with Crippen LogP contribution in [0.3, 0.4) is 0 Å². The van der Waals surface area contributed by atoms with Gasteiger partial charge in [0.25, 0.3) is 0 Å². The molecular weight excluding hydrogens is 270 g/mol. The minimum atomic E-state index is -0.756. The molecule has 21 heavy (non-hydrogen) atoms. The summed E-state index contributed by atoms with van der Waals surface area (Å²) in [7, 11) is 3.80. The highest BCUT2D eigenvalue weighted by Gasteiger charge is 2.17. The third-order valence-corrected chi connectivity index (χ3v) is 3.78. The molecule has 0 aromatic heterocycles. The number of rotatable bonds is 6. The van der Waals surface area contributed by atoms with Crippen LogP contribution in [0.1, 0.15) is 0 Å². The minimum absolute atomic E-state index is 0.247. The Morgan fingerprint density at radius 3 is 2.62 bits per heavy atom. The summed E-state index contributed by atoms with van der Waals surface area (Å²) in [5.41, 5.74) is 1.97. The number of anilines is 2. The zero-order valence-corrected chi connectivity index (χ0v) is 12.7. The van der Waals surface area contributed by atoms with Gasteiger partial charge in [0.15, 0.2) is 0 Å². The van der Waals surface area contributed by atoms with E-state index < -0.39 is 6.10 Å². The molecule has 6 heteroatoms. The van der Waals surface area contributed by atoms with Crippen molar-refractivity contribution in [2.75, 3.05) is 63.7 Å². The van der Waals surface area contributed by atoms with E-state index in [4.69, 9.17) is 9.84 Å². The number of ether oxygens (including phenoxy) is 1. The van der Waals surface area contributed by atoms with Gasteiger partial charge in [0, 0.05) is 44.5 Å². The molecular formula is C15H25N3O3. The first kappa shape index (κ1) is 15.9. The van der Waals surface area contributed by atoms with Crippen molar-refractivity contribution in [3.05, 3.63) is 18.2 Å². The van der Waals surface area contributed by atoms with Crippen LogP contribution in [0, 0.1) is 0 Å². The van der Waals surface area contributed by atoms with Crippen LogP contribution in [0.4, 0.5) is 11.4 Å². The third kappa shape index (κ3) is 4.23. The van der Waals surface area contributed by atoms with Gasteiger partial charge in [-0.15, -0.1) is 0 Å². The highest BCUT2D eigenvalue weighted by molar-refractivity contribution is 5.65. The van der Waals surface area contributed by atoms with Gasteiger partial charge < -0.3 is 30.1 Å². The lowest BCUT2D eigenvalue weighted by Gasteiger charge is -2.34. The summed E-state index contributed by atoms with van der Waals surface area (Å²) in [5.74, 6) is 0.822. The lowest BCUT2D eigenvalue weighted by molar-refractivity contribution is 0.105. The molecule has 1 unspecified atom stereocenters. The maximum Gasteiger partial charge on any atom is 0.144 e. The van der Waals surface area contributed by atoms with Crippen molar-refractivity contribution in [2.45, 2.75) is 6.10 Å². The molecule has 1 aromatic carbocycles. The lowest BCUT2D eigenvalue weighted by Crippen LogP contribution is -2.44. The molecule has 0 saturated carbocycles. The molecule has 1 aliphatic heterocycles. The molecule has 0 radical (unpaired) electrons. The highest BCUT2D eigenvalue weighted by atomic mass is 16.5. The van der Waals surface area contributed by atoms with Crippen LogP contribution >= 0.6 is 0 Å². The molecule has 0 spiro atoms. The van der Waals surface area contributed by atoms with Gasteiger partial charge in [-0.25, -0.2) is 0 Å². The number of piperazine rings is 1. The largest absolute Gasteiger partial charge is 0.495 e. The topological polar surface area (TPSA) is 68.2 Å². The zero-order valence-electron chi connectivity index (χ0n) is 12.7. The highest BCUT2D eigenvalue weighted by Crippen LogP contribution is 2.31. The van der Waals surface area contributed by atoms with Crippen molar-refractivity contribution in [3.8, 4) is 5.75 Å². The van der Waals surface area contributed by atoms with E-state index in [1.54, 1.807) is 7.11 Å². The van der Waals surface area contributed by atoms with E-state index in [1.807, 2.05) is 18.2 Å². The summed E-state index contributed by atoms with van der Waals surface area (Å²) in [4.78, 5) is 4.64. The average Bonchev–Trinajstić information content (AvgIpc) is 2.53. The molecule has 1 saturated heterocycles. The summed E-state index contributed by atoms with van der Waals surface area (Å²) in [6.07, 6.45) is -0.756. The summed E-state index contributed by atoms with van der Waals surface area (Å²) < 4.78 is 5.49. The van der Waals surface area contributed by atoms with Gasteiger partial charge in [0.2, 0.25) is 0 Å². The Labute approximate surface area is 125 Å². The smallest absolute Gasteiger partial charge is 0.144 e. The molecule has 118 valence electrons. The Morgan fingerprint density at radius 2 is 2.00 bits per heavy atom. The lowest BCUT2D eigenvalue weighted by atomic mass is 10.2. The molecule has 6 nitrogen and oxygen atoms in total. The van der Waals surface area contributed by atoms with Crippen molar-refractivity contribution in [3.63, 3.8) is 0 Å². The van der Waals surface area contributed by atoms with Crippen LogP contribution in [0.5, 0.6) is 5.75 Å². The third-order valence-electron chi connectivity index (χ3n) is 3.78. The second kappa shape index (κ2) is 7.49. The van der Waals surface area contributed by atoms with Crippen molar-refractivity contribution in [1.82, 2.24) is 4.90 Å². The Hall–Kier alpha value is -1.50. The fourth-order valence-corrected chi connectivity index (χ4v) is 2.40. The summed E-state index contributed by atoms with van der Waals surface area (Å²) in [6.45, 7) is 4.14. The SMILES string of the molecule is COc1cc(NCC(O)CO)ccc1N1CCN(C)CC1. The van der Waals surface area contributed by atoms with Gasteiger partial charge in [-0.3, -0.25) is 0 Å². The van der Waals surface area contributed by atoms with Gasteiger partial charge >= 0.3 is 0 Å². The normalized spacial score (nSPS) is 17.6. The molecule has 3 N–H and O–H groups in total. The van der Waals surface area contributed by atoms with E-state index in [0.717, 1.165) is 43.3 Å². The average molecular weight is 295 g/mol. The monoisotopic (exact) mass is 295 g/mol. The molecule has 2 rings (SSSR count). The fraction of sp³-hybridized carbons (Fsp3) is 0.600. The number of aliphatic hydroxyl groups is 2. The van der Waals surface area contributed by atoms with E-state index >= 15 is 0 Å². The predicted molar refractivity (Wildman–Crippen MR) is 84.3 cm³/mol. The van der Waals surface area contributed by atoms with Crippen LogP contribution < -0.4 is 15.0 Å². The number of methoxy groups -OCH3 is 1. The van der Waals surface area contributed by atoms with Gasteiger partial charge in [-0.05, 0) is 19.2 Å². The number of aliphatic hydroxyl groups excluding tert-OH is 2. The van der Waals surface area contributed by atoms with E-state index in [-0.39, 0.29) is 6.61 Å². The first-order valence-electron chi connectivity index (χ1n) is 7.28. The van der Waals surface area contributed by atoms with E-state index in [0.29, 0.717) is 6.54 Å². The van der Waals surface area contributed by atoms with Crippen LogP contribution in [0.2, 0.25) is 0 Å². The molecule has 0 aliphatic carbocycles. The molecule has 1 fully saturated rings. The van der Waals surface area contributed by atoms with Crippen molar-refractivity contribution in [2.24, 2.45) is 0 Å². The van der Waals surface area contributed by atoms with E-state index in [1.165, 1.54) is 0 Å². The van der Waals surface area contributed by atoms with Gasteiger partial charge in [-0.2, -0.15) is 0 Å². The molecule has 1 heterocycles. The Kier molecular flexibility index (Phi) is 5.67. The van der Waals surface area contributed by atoms with Crippen LogP contribution in [-0.2, 0) is 0 Å². The Bertz CT molecular complexity index is 448. The van der Waals surface area contributed by atoms with Crippen LogP contribution in [0.15, 0.2) is 18.2 Å². The Balaban J connectivity index is 2.05. The maximum atomic E-state index is 9.37. The van der Waals surface area contributed by atoms with Gasteiger partial charge in [-0.1, -0.05) is 0 Å². The first-order valence-corrected chi connectivity index (χ1v) is 7.28. The number of nitrogens with zero attached hydrogens (tertiary/aromatic N) is 2. The van der Waals surface area contributed by atoms with Crippen molar-refractivity contribution >= 4 is 11.4 Å². The molecule has 1 aliphatic rings. The molecule has 1 aromatic rings. The number of benzene rings is 1. The molecule has 1 atom stereocenters. The van der Waals surface area contributed by atoms with E-state index in [2.05, 4.69) is 22.2 Å².